The number of hydrogen-bond donors (Lipinski definition) is 1. The molecule has 0 saturated heterocycles. The SMILES string of the molecule is CCOC(=O)c1ccc(-c2cccc(-n3cc(C(=O)NC4CC4)c(=O)c4cccnc43)c2)cc1. The van der Waals surface area contributed by atoms with Crippen LogP contribution < -0.4 is 10.7 Å². The molecule has 4 aromatic rings. The molecule has 0 bridgehead atoms. The zero-order chi connectivity index (χ0) is 23.7. The lowest BCUT2D eigenvalue weighted by molar-refractivity contribution is 0.0526. The molecule has 1 amide bonds. The van der Waals surface area contributed by atoms with Crippen molar-refractivity contribution in [3.8, 4) is 16.8 Å². The summed E-state index contributed by atoms with van der Waals surface area (Å²) in [5, 5.41) is 3.29. The van der Waals surface area contributed by atoms with E-state index in [4.69, 9.17) is 4.74 Å². The average molecular weight is 453 g/mol. The van der Waals surface area contributed by atoms with Gasteiger partial charge in [0.15, 0.2) is 0 Å². The fraction of sp³-hybridized carbons (Fsp3) is 0.185. The van der Waals surface area contributed by atoms with Crippen molar-refractivity contribution in [2.24, 2.45) is 0 Å². The van der Waals surface area contributed by atoms with Crippen molar-refractivity contribution < 1.29 is 14.3 Å². The Balaban J connectivity index is 1.57. The van der Waals surface area contributed by atoms with Crippen LogP contribution in [0.2, 0.25) is 0 Å². The molecule has 0 atom stereocenters. The Hall–Kier alpha value is -4.26. The van der Waals surface area contributed by atoms with E-state index >= 15 is 0 Å². The molecule has 170 valence electrons. The van der Waals surface area contributed by atoms with Crippen LogP contribution in [0.25, 0.3) is 27.8 Å². The first-order valence-corrected chi connectivity index (χ1v) is 11.2. The third-order valence-corrected chi connectivity index (χ3v) is 5.77. The lowest BCUT2D eigenvalue weighted by Crippen LogP contribution is -2.31. The first kappa shape index (κ1) is 21.6. The summed E-state index contributed by atoms with van der Waals surface area (Å²) in [4.78, 5) is 42.2. The number of benzene rings is 2. The number of fused-ring (bicyclic) bond motifs is 1. The standard InChI is InChI=1S/C27H23N3O4/c1-2-34-27(33)18-10-8-17(9-11-18)19-5-3-6-21(15-19)30-16-23(26(32)29-20-12-13-20)24(31)22-7-4-14-28-25(22)30/h3-11,14-16,20H,2,12-13H2,1H3,(H,29,32). The zero-order valence-corrected chi connectivity index (χ0v) is 18.7. The minimum Gasteiger partial charge on any atom is -0.462 e. The number of nitrogens with zero attached hydrogens (tertiary/aromatic N) is 2. The van der Waals surface area contributed by atoms with Crippen molar-refractivity contribution in [3.05, 3.63) is 94.4 Å². The molecule has 0 unspecified atom stereocenters. The molecule has 2 heterocycles. The maximum absolute atomic E-state index is 13.0. The van der Waals surface area contributed by atoms with Crippen LogP contribution in [0.1, 0.15) is 40.5 Å². The second-order valence-corrected chi connectivity index (χ2v) is 8.21. The summed E-state index contributed by atoms with van der Waals surface area (Å²) in [6.45, 7) is 2.10. The molecular formula is C27H23N3O4. The fourth-order valence-electron chi connectivity index (χ4n) is 3.86. The molecule has 34 heavy (non-hydrogen) atoms. The molecule has 7 heteroatoms. The molecule has 1 aliphatic carbocycles. The maximum Gasteiger partial charge on any atom is 0.338 e. The summed E-state index contributed by atoms with van der Waals surface area (Å²) in [6.07, 6.45) is 5.07. The van der Waals surface area contributed by atoms with Gasteiger partial charge in [-0.25, -0.2) is 9.78 Å². The summed E-state index contributed by atoms with van der Waals surface area (Å²) in [5.74, 6) is -0.719. The van der Waals surface area contributed by atoms with Crippen molar-refractivity contribution >= 4 is 22.9 Å². The average Bonchev–Trinajstić information content (AvgIpc) is 3.69. The van der Waals surface area contributed by atoms with E-state index in [-0.39, 0.29) is 28.9 Å². The molecule has 1 saturated carbocycles. The Kier molecular flexibility index (Phi) is 5.67. The number of rotatable bonds is 6. The van der Waals surface area contributed by atoms with Crippen LogP contribution >= 0.6 is 0 Å². The maximum atomic E-state index is 13.0. The predicted octanol–water partition coefficient (Wildman–Crippen LogP) is 4.12. The van der Waals surface area contributed by atoms with Gasteiger partial charge in [-0.1, -0.05) is 24.3 Å². The number of pyridine rings is 2. The van der Waals surface area contributed by atoms with Crippen molar-refractivity contribution in [2.45, 2.75) is 25.8 Å². The Morgan fingerprint density at radius 2 is 1.85 bits per heavy atom. The number of amides is 1. The van der Waals surface area contributed by atoms with E-state index in [1.165, 1.54) is 0 Å². The van der Waals surface area contributed by atoms with Crippen molar-refractivity contribution in [1.82, 2.24) is 14.9 Å². The highest BCUT2D eigenvalue weighted by Crippen LogP contribution is 2.25. The number of carbonyl (C=O) groups excluding carboxylic acids is 2. The minimum atomic E-state index is -0.363. The summed E-state index contributed by atoms with van der Waals surface area (Å²) >= 11 is 0. The van der Waals surface area contributed by atoms with Crippen molar-refractivity contribution in [3.63, 3.8) is 0 Å². The number of aromatic nitrogens is 2. The largest absolute Gasteiger partial charge is 0.462 e. The van der Waals surface area contributed by atoms with Crippen LogP contribution in [0.4, 0.5) is 0 Å². The summed E-state index contributed by atoms with van der Waals surface area (Å²) in [5.41, 5.74) is 3.32. The second-order valence-electron chi connectivity index (χ2n) is 8.21. The lowest BCUT2D eigenvalue weighted by Gasteiger charge is -2.14. The smallest absolute Gasteiger partial charge is 0.338 e. The third-order valence-electron chi connectivity index (χ3n) is 5.77. The number of ether oxygens (including phenoxy) is 1. The molecular weight excluding hydrogens is 430 g/mol. The van der Waals surface area contributed by atoms with E-state index < -0.39 is 0 Å². The Bertz CT molecular complexity index is 1450. The van der Waals surface area contributed by atoms with Crippen LogP contribution in [0.5, 0.6) is 0 Å². The Morgan fingerprint density at radius 1 is 1.06 bits per heavy atom. The van der Waals surface area contributed by atoms with Gasteiger partial charge in [-0.2, -0.15) is 0 Å². The van der Waals surface area contributed by atoms with Crippen molar-refractivity contribution in [2.75, 3.05) is 6.61 Å². The first-order valence-electron chi connectivity index (χ1n) is 11.2. The van der Waals surface area contributed by atoms with Gasteiger partial charge in [-0.15, -0.1) is 0 Å². The number of esters is 1. The second kappa shape index (κ2) is 8.94. The van der Waals surface area contributed by atoms with Crippen LogP contribution in [0.3, 0.4) is 0 Å². The van der Waals surface area contributed by atoms with Gasteiger partial charge in [0.05, 0.1) is 17.6 Å². The monoisotopic (exact) mass is 453 g/mol. The summed E-state index contributed by atoms with van der Waals surface area (Å²) in [7, 11) is 0. The van der Waals surface area contributed by atoms with Gasteiger partial charge in [-0.05, 0) is 67.3 Å². The molecule has 1 fully saturated rings. The van der Waals surface area contributed by atoms with Crippen LogP contribution in [-0.4, -0.2) is 34.1 Å². The van der Waals surface area contributed by atoms with Gasteiger partial charge in [-0.3, -0.25) is 9.59 Å². The fourth-order valence-corrected chi connectivity index (χ4v) is 3.86. The summed E-state index contributed by atoms with van der Waals surface area (Å²) < 4.78 is 6.82. The number of carbonyl (C=O) groups is 2. The first-order chi connectivity index (χ1) is 16.5. The van der Waals surface area contributed by atoms with Crippen LogP contribution in [0.15, 0.2) is 77.9 Å². The van der Waals surface area contributed by atoms with E-state index in [9.17, 15) is 14.4 Å². The van der Waals surface area contributed by atoms with E-state index in [2.05, 4.69) is 10.3 Å². The molecule has 1 N–H and O–H groups in total. The highest BCUT2D eigenvalue weighted by atomic mass is 16.5. The van der Waals surface area contributed by atoms with Gasteiger partial charge in [0.2, 0.25) is 5.43 Å². The molecule has 5 rings (SSSR count). The van der Waals surface area contributed by atoms with E-state index in [0.29, 0.717) is 23.2 Å². The van der Waals surface area contributed by atoms with Gasteiger partial charge >= 0.3 is 5.97 Å². The molecule has 1 aliphatic rings. The lowest BCUT2D eigenvalue weighted by atomic mass is 10.0. The number of nitrogens with one attached hydrogen (secondary N) is 1. The molecule has 0 spiro atoms. The Labute approximate surface area is 196 Å². The molecule has 2 aromatic heterocycles. The highest BCUT2D eigenvalue weighted by molar-refractivity contribution is 5.97. The Morgan fingerprint density at radius 3 is 2.59 bits per heavy atom. The topological polar surface area (TPSA) is 90.3 Å². The molecule has 7 nitrogen and oxygen atoms in total. The van der Waals surface area contributed by atoms with E-state index in [1.807, 2.05) is 36.4 Å². The van der Waals surface area contributed by atoms with E-state index in [1.54, 1.807) is 48.1 Å². The summed E-state index contributed by atoms with van der Waals surface area (Å²) in [6, 6.07) is 18.4. The predicted molar refractivity (Wildman–Crippen MR) is 129 cm³/mol. The molecule has 0 aliphatic heterocycles. The normalized spacial score (nSPS) is 13.0. The number of hydrogen-bond acceptors (Lipinski definition) is 5. The molecule has 2 aromatic carbocycles. The van der Waals surface area contributed by atoms with Gasteiger partial charge in [0.25, 0.3) is 5.91 Å². The highest BCUT2D eigenvalue weighted by Gasteiger charge is 2.26. The van der Waals surface area contributed by atoms with Crippen molar-refractivity contribution in [1.29, 1.82) is 0 Å². The molecule has 0 radical (unpaired) electrons. The zero-order valence-electron chi connectivity index (χ0n) is 18.7. The van der Waals surface area contributed by atoms with Crippen LogP contribution in [-0.2, 0) is 4.74 Å². The van der Waals surface area contributed by atoms with Gasteiger partial charge in [0.1, 0.15) is 11.2 Å². The third kappa shape index (κ3) is 4.20. The minimum absolute atomic E-state index is 0.0941. The van der Waals surface area contributed by atoms with Crippen LogP contribution in [0, 0.1) is 0 Å². The quantitative estimate of drug-likeness (QED) is 0.444. The van der Waals surface area contributed by atoms with Gasteiger partial charge < -0.3 is 14.6 Å². The van der Waals surface area contributed by atoms with Gasteiger partial charge in [0, 0.05) is 24.1 Å². The van der Waals surface area contributed by atoms with E-state index in [0.717, 1.165) is 29.7 Å².